The van der Waals surface area contributed by atoms with Crippen LogP contribution in [-0.4, -0.2) is 23.8 Å². The fraction of sp³-hybridized carbons (Fsp3) is 0.276. The van der Waals surface area contributed by atoms with Crippen LogP contribution in [0.3, 0.4) is 0 Å². The summed E-state index contributed by atoms with van der Waals surface area (Å²) < 4.78 is 11.1. The lowest BCUT2D eigenvalue weighted by atomic mass is 9.80. The van der Waals surface area contributed by atoms with Crippen molar-refractivity contribution in [3.8, 4) is 0 Å². The van der Waals surface area contributed by atoms with Crippen molar-refractivity contribution in [2.24, 2.45) is 5.92 Å². The first-order valence-corrected chi connectivity index (χ1v) is 11.5. The first-order valence-electron chi connectivity index (χ1n) is 11.5. The van der Waals surface area contributed by atoms with Crippen LogP contribution in [0.2, 0.25) is 0 Å². The summed E-state index contributed by atoms with van der Waals surface area (Å²) in [6.45, 7) is 3.47. The molecule has 0 bridgehead atoms. The van der Waals surface area contributed by atoms with Gasteiger partial charge in [-0.3, -0.25) is 9.59 Å². The molecule has 4 atom stereocenters. The average molecular weight is 457 g/mol. The number of carbonyl (C=O) groups excluding carboxylic acids is 3. The minimum absolute atomic E-state index is 0.161. The number of rotatable bonds is 7. The third-order valence-electron chi connectivity index (χ3n) is 6.13. The Bertz CT molecular complexity index is 1120. The summed E-state index contributed by atoms with van der Waals surface area (Å²) in [6, 6.07) is 28.1. The van der Waals surface area contributed by atoms with Gasteiger partial charge in [0, 0.05) is 17.9 Å². The van der Waals surface area contributed by atoms with Gasteiger partial charge in [0.2, 0.25) is 6.10 Å². The molecule has 0 heterocycles. The molecule has 174 valence electrons. The van der Waals surface area contributed by atoms with Crippen LogP contribution in [0.4, 0.5) is 0 Å². The highest BCUT2D eigenvalue weighted by Gasteiger charge is 2.49. The number of benzene rings is 3. The Labute approximate surface area is 199 Å². The predicted molar refractivity (Wildman–Crippen MR) is 128 cm³/mol. The number of esters is 2. The lowest BCUT2D eigenvalue weighted by Gasteiger charge is -2.25. The molecule has 0 unspecified atom stereocenters. The van der Waals surface area contributed by atoms with Crippen molar-refractivity contribution in [1.82, 2.24) is 0 Å². The molecule has 5 nitrogen and oxygen atoms in total. The van der Waals surface area contributed by atoms with Crippen LogP contribution in [0.5, 0.6) is 0 Å². The second kappa shape index (κ2) is 10.5. The van der Waals surface area contributed by atoms with E-state index in [1.165, 1.54) is 0 Å². The predicted octanol–water partition coefficient (Wildman–Crippen LogP) is 5.38. The molecule has 3 aromatic rings. The number of hydrogen-bond donors (Lipinski definition) is 0. The van der Waals surface area contributed by atoms with E-state index in [1.807, 2.05) is 66.7 Å². The van der Waals surface area contributed by atoms with Gasteiger partial charge in [0.05, 0.1) is 6.10 Å². The maximum Gasteiger partial charge on any atom is 0.352 e. The second-order valence-corrected chi connectivity index (χ2v) is 8.82. The molecule has 0 aromatic heterocycles. The minimum Gasteiger partial charge on any atom is -0.460 e. The number of carbonyl (C=O) groups is 3. The van der Waals surface area contributed by atoms with Gasteiger partial charge in [-0.2, -0.15) is 0 Å². The Morgan fingerprint density at radius 3 is 1.85 bits per heavy atom. The first-order chi connectivity index (χ1) is 16.5. The topological polar surface area (TPSA) is 69.7 Å². The Hall–Kier alpha value is -3.73. The molecule has 5 heteroatoms. The van der Waals surface area contributed by atoms with E-state index >= 15 is 0 Å². The molecule has 0 radical (unpaired) electrons. The highest BCUT2D eigenvalue weighted by atomic mass is 16.6. The molecular formula is C29H28O5. The van der Waals surface area contributed by atoms with Crippen molar-refractivity contribution < 1.29 is 23.9 Å². The standard InChI is InChI=1S/C29H28O5/c1-19(2)33-29(32)27(22-16-10-5-11-17-22)34-28(31)26-24(30)18-23(20-12-6-3-7-13-20)25(26)21-14-8-4-9-15-21/h3-17,19,23,25-27H,18H2,1-2H3/t23-,25-,26-,27+/m1/s1. The molecule has 1 saturated carbocycles. The Kier molecular flexibility index (Phi) is 7.21. The number of ether oxygens (including phenoxy) is 2. The van der Waals surface area contributed by atoms with Crippen LogP contribution >= 0.6 is 0 Å². The van der Waals surface area contributed by atoms with Gasteiger partial charge in [-0.1, -0.05) is 91.0 Å². The fourth-order valence-corrected chi connectivity index (χ4v) is 4.67. The van der Waals surface area contributed by atoms with Crippen molar-refractivity contribution >= 4 is 17.7 Å². The quantitative estimate of drug-likeness (QED) is 0.353. The van der Waals surface area contributed by atoms with E-state index in [1.54, 1.807) is 38.1 Å². The molecule has 4 rings (SSSR count). The van der Waals surface area contributed by atoms with Gasteiger partial charge < -0.3 is 9.47 Å². The van der Waals surface area contributed by atoms with Gasteiger partial charge in [-0.25, -0.2) is 4.79 Å². The third kappa shape index (κ3) is 5.09. The summed E-state index contributed by atoms with van der Waals surface area (Å²) in [6.07, 6.45) is -1.38. The summed E-state index contributed by atoms with van der Waals surface area (Å²) in [4.78, 5) is 39.6. The molecule has 1 aliphatic carbocycles. The largest absolute Gasteiger partial charge is 0.460 e. The van der Waals surface area contributed by atoms with Crippen molar-refractivity contribution in [2.75, 3.05) is 0 Å². The van der Waals surface area contributed by atoms with Crippen LogP contribution in [0.25, 0.3) is 0 Å². The highest BCUT2D eigenvalue weighted by Crippen LogP contribution is 2.48. The monoisotopic (exact) mass is 456 g/mol. The second-order valence-electron chi connectivity index (χ2n) is 8.82. The molecule has 0 N–H and O–H groups in total. The van der Waals surface area contributed by atoms with E-state index in [0.717, 1.165) is 11.1 Å². The highest BCUT2D eigenvalue weighted by molar-refractivity contribution is 6.03. The van der Waals surface area contributed by atoms with E-state index in [0.29, 0.717) is 5.56 Å². The van der Waals surface area contributed by atoms with Crippen LogP contribution in [0.1, 0.15) is 54.9 Å². The number of ketones is 1. The zero-order valence-corrected chi connectivity index (χ0v) is 19.3. The van der Waals surface area contributed by atoms with Crippen LogP contribution in [0, 0.1) is 5.92 Å². The lowest BCUT2D eigenvalue weighted by Crippen LogP contribution is -2.31. The van der Waals surface area contributed by atoms with E-state index in [9.17, 15) is 14.4 Å². The molecular weight excluding hydrogens is 428 g/mol. The van der Waals surface area contributed by atoms with Crippen LogP contribution in [-0.2, 0) is 23.9 Å². The summed E-state index contributed by atoms with van der Waals surface area (Å²) in [7, 11) is 0. The normalized spacial score (nSPS) is 20.7. The Balaban J connectivity index is 1.68. The van der Waals surface area contributed by atoms with Crippen LogP contribution in [0.15, 0.2) is 91.0 Å². The smallest absolute Gasteiger partial charge is 0.352 e. The summed E-state index contributed by atoms with van der Waals surface area (Å²) in [5.74, 6) is -3.10. The van der Waals surface area contributed by atoms with Gasteiger partial charge in [0.25, 0.3) is 0 Å². The maximum absolute atomic E-state index is 13.5. The number of Topliss-reactive ketones (excluding diaryl/α,β-unsaturated/α-hetero) is 1. The van der Waals surface area contributed by atoms with Crippen molar-refractivity contribution in [1.29, 1.82) is 0 Å². The molecule has 3 aromatic carbocycles. The van der Waals surface area contributed by atoms with Crippen LogP contribution < -0.4 is 0 Å². The third-order valence-corrected chi connectivity index (χ3v) is 6.13. The van der Waals surface area contributed by atoms with E-state index in [2.05, 4.69) is 0 Å². The maximum atomic E-state index is 13.5. The zero-order valence-electron chi connectivity index (χ0n) is 19.3. The molecule has 1 aliphatic rings. The summed E-state index contributed by atoms with van der Waals surface area (Å²) >= 11 is 0. The molecule has 34 heavy (non-hydrogen) atoms. The first kappa shape index (κ1) is 23.4. The summed E-state index contributed by atoms with van der Waals surface area (Å²) in [5, 5.41) is 0. The molecule has 0 amide bonds. The fourth-order valence-electron chi connectivity index (χ4n) is 4.67. The van der Waals surface area contributed by atoms with E-state index < -0.39 is 24.0 Å². The zero-order chi connectivity index (χ0) is 24.1. The van der Waals surface area contributed by atoms with Gasteiger partial charge in [0.15, 0.2) is 0 Å². The summed E-state index contributed by atoms with van der Waals surface area (Å²) in [5.41, 5.74) is 2.40. The molecule has 0 saturated heterocycles. The number of hydrogen-bond acceptors (Lipinski definition) is 5. The molecule has 0 spiro atoms. The van der Waals surface area contributed by atoms with Crippen molar-refractivity contribution in [2.45, 2.75) is 44.3 Å². The van der Waals surface area contributed by atoms with Gasteiger partial charge >= 0.3 is 11.9 Å². The Morgan fingerprint density at radius 2 is 1.29 bits per heavy atom. The SMILES string of the molecule is CC(C)OC(=O)[C@@H](OC(=O)[C@@H]1C(=O)C[C@H](c2ccccc2)[C@H]1c1ccccc1)c1ccccc1. The lowest BCUT2D eigenvalue weighted by molar-refractivity contribution is -0.174. The van der Waals surface area contributed by atoms with Crippen molar-refractivity contribution in [3.63, 3.8) is 0 Å². The van der Waals surface area contributed by atoms with Gasteiger partial charge in [-0.05, 0) is 30.9 Å². The van der Waals surface area contributed by atoms with Crippen molar-refractivity contribution in [3.05, 3.63) is 108 Å². The van der Waals surface area contributed by atoms with E-state index in [4.69, 9.17) is 9.47 Å². The van der Waals surface area contributed by atoms with E-state index in [-0.39, 0.29) is 30.1 Å². The molecule has 0 aliphatic heterocycles. The van der Waals surface area contributed by atoms with Gasteiger partial charge in [-0.15, -0.1) is 0 Å². The Morgan fingerprint density at radius 1 is 0.765 bits per heavy atom. The molecule has 1 fully saturated rings. The van der Waals surface area contributed by atoms with Gasteiger partial charge in [0.1, 0.15) is 11.7 Å². The minimum atomic E-state index is -1.24. The average Bonchev–Trinajstić information content (AvgIpc) is 3.20.